The summed E-state index contributed by atoms with van der Waals surface area (Å²) in [4.78, 5) is 53.8. The quantitative estimate of drug-likeness (QED) is 0.0776. The van der Waals surface area contributed by atoms with Crippen molar-refractivity contribution in [2.24, 2.45) is 40.4 Å². The third-order valence-corrected chi connectivity index (χ3v) is 12.7. The molecule has 0 aromatic heterocycles. The van der Waals surface area contributed by atoms with Crippen LogP contribution in [0.4, 0.5) is 0 Å². The Balaban J connectivity index is 1.65. The molecule has 2 N–H and O–H groups in total. The second-order valence-corrected chi connectivity index (χ2v) is 16.5. The van der Waals surface area contributed by atoms with Crippen molar-refractivity contribution in [3.63, 3.8) is 0 Å². The van der Waals surface area contributed by atoms with E-state index in [4.69, 9.17) is 14.2 Å². The van der Waals surface area contributed by atoms with Gasteiger partial charge in [-0.3, -0.25) is 19.2 Å². The maximum Gasteiger partial charge on any atom is 0.309 e. The summed E-state index contributed by atoms with van der Waals surface area (Å²) in [5, 5.41) is 25.0. The molecule has 49 heavy (non-hydrogen) atoms. The average molecular weight is 687 g/mol. The van der Waals surface area contributed by atoms with Crippen LogP contribution in [0.2, 0.25) is 0 Å². The van der Waals surface area contributed by atoms with Crippen LogP contribution in [-0.4, -0.2) is 63.9 Å². The number of unbranched alkanes of at least 4 members (excludes halogenated alkanes) is 8. The van der Waals surface area contributed by atoms with Gasteiger partial charge in [0, 0.05) is 30.6 Å². The fourth-order valence-electron chi connectivity index (χ4n) is 9.40. The molecule has 0 aliphatic heterocycles. The third kappa shape index (κ3) is 6.80. The molecule has 2 saturated carbocycles. The standard InChI is InChI=1S/C40H62O9/c1-10-11-12-13-14-15-16-17-18-19-31(42)49-39-22-26(5)38-21-25(4)35(48-36(45)27(6)24(2)3)40(38,46)33(43)29(23-47-28(7)41)20-30(34(38)44)32(39)37(39,8)9/h20-21,24,26-27,30,32-33,35,43,46H,10-19,22-23H2,1-9H3/t26-,27+,30+,32-,33-,35+,38+,39+,40+/m1/s1. The largest absolute Gasteiger partial charge is 0.461 e. The lowest BCUT2D eigenvalue weighted by atomic mass is 9.59. The van der Waals surface area contributed by atoms with Crippen LogP contribution >= 0.6 is 0 Å². The summed E-state index contributed by atoms with van der Waals surface area (Å²) >= 11 is 0. The zero-order valence-corrected chi connectivity index (χ0v) is 31.4. The molecule has 4 aliphatic rings. The van der Waals surface area contributed by atoms with Gasteiger partial charge in [0.1, 0.15) is 18.3 Å². The van der Waals surface area contributed by atoms with Gasteiger partial charge in [-0.15, -0.1) is 0 Å². The molecular weight excluding hydrogens is 624 g/mol. The lowest BCUT2D eigenvalue weighted by Gasteiger charge is -2.49. The number of allylic oxidation sites excluding steroid dienone is 1. The van der Waals surface area contributed by atoms with Crippen LogP contribution in [-0.2, 0) is 33.4 Å². The monoisotopic (exact) mass is 686 g/mol. The van der Waals surface area contributed by atoms with Crippen LogP contribution in [0, 0.1) is 40.4 Å². The van der Waals surface area contributed by atoms with Crippen LogP contribution in [0.5, 0.6) is 0 Å². The van der Waals surface area contributed by atoms with Gasteiger partial charge in [0.05, 0.1) is 11.3 Å². The number of hydrogen-bond donors (Lipinski definition) is 2. The summed E-state index contributed by atoms with van der Waals surface area (Å²) in [5.41, 5.74) is -4.90. The highest BCUT2D eigenvalue weighted by Gasteiger charge is 2.83. The molecule has 9 atom stereocenters. The Morgan fingerprint density at radius 1 is 1.00 bits per heavy atom. The molecule has 4 aliphatic carbocycles. The predicted molar refractivity (Wildman–Crippen MR) is 186 cm³/mol. The van der Waals surface area contributed by atoms with Gasteiger partial charge in [-0.25, -0.2) is 0 Å². The third-order valence-electron chi connectivity index (χ3n) is 12.7. The molecule has 9 heteroatoms. The minimum absolute atomic E-state index is 0.0393. The highest BCUT2D eigenvalue weighted by molar-refractivity contribution is 5.96. The van der Waals surface area contributed by atoms with E-state index in [2.05, 4.69) is 6.92 Å². The van der Waals surface area contributed by atoms with Gasteiger partial charge in [0.25, 0.3) is 0 Å². The molecular formula is C40H62O9. The van der Waals surface area contributed by atoms with E-state index in [0.29, 0.717) is 12.0 Å². The molecule has 0 unspecified atom stereocenters. The van der Waals surface area contributed by atoms with Gasteiger partial charge in [0.2, 0.25) is 0 Å². The first-order chi connectivity index (χ1) is 22.9. The molecule has 0 heterocycles. The van der Waals surface area contributed by atoms with Crippen molar-refractivity contribution in [3.8, 4) is 0 Å². The number of ether oxygens (including phenoxy) is 3. The van der Waals surface area contributed by atoms with Gasteiger partial charge in [-0.05, 0) is 42.7 Å². The van der Waals surface area contributed by atoms with Crippen LogP contribution < -0.4 is 0 Å². The zero-order chi connectivity index (χ0) is 36.5. The van der Waals surface area contributed by atoms with Crippen LogP contribution in [0.1, 0.15) is 133 Å². The maximum atomic E-state index is 15.1. The Bertz CT molecular complexity index is 1330. The Hall–Kier alpha value is -2.52. The van der Waals surface area contributed by atoms with E-state index in [1.807, 2.05) is 34.6 Å². The minimum Gasteiger partial charge on any atom is -0.461 e. The maximum absolute atomic E-state index is 15.1. The van der Waals surface area contributed by atoms with E-state index in [1.165, 1.54) is 39.0 Å². The van der Waals surface area contributed by atoms with Gasteiger partial charge >= 0.3 is 17.9 Å². The number of esters is 3. The van der Waals surface area contributed by atoms with Gasteiger partial charge in [0.15, 0.2) is 17.5 Å². The molecule has 0 saturated heterocycles. The molecule has 0 amide bonds. The van der Waals surface area contributed by atoms with Crippen molar-refractivity contribution >= 4 is 23.7 Å². The molecule has 2 fully saturated rings. The summed E-state index contributed by atoms with van der Waals surface area (Å²) in [5.74, 6) is -4.18. The molecule has 4 rings (SSSR count). The van der Waals surface area contributed by atoms with E-state index >= 15 is 4.79 Å². The fourth-order valence-corrected chi connectivity index (χ4v) is 9.40. The van der Waals surface area contributed by atoms with Crippen LogP contribution in [0.3, 0.4) is 0 Å². The average Bonchev–Trinajstić information content (AvgIpc) is 3.43. The van der Waals surface area contributed by atoms with Crippen molar-refractivity contribution in [2.75, 3.05) is 6.61 Å². The van der Waals surface area contributed by atoms with Crippen LogP contribution in [0.25, 0.3) is 0 Å². The highest BCUT2D eigenvalue weighted by atomic mass is 16.6. The Morgan fingerprint density at radius 2 is 1.59 bits per heavy atom. The summed E-state index contributed by atoms with van der Waals surface area (Å²) in [6.45, 7) is 16.2. The number of hydrogen-bond acceptors (Lipinski definition) is 9. The molecule has 9 nitrogen and oxygen atoms in total. The van der Waals surface area contributed by atoms with Gasteiger partial charge in [-0.2, -0.15) is 0 Å². The second kappa shape index (κ2) is 15.0. The first kappa shape index (κ1) is 39.3. The summed E-state index contributed by atoms with van der Waals surface area (Å²) in [6, 6.07) is 0. The van der Waals surface area contributed by atoms with Crippen molar-refractivity contribution in [1.29, 1.82) is 0 Å². The normalized spacial score (nSPS) is 34.9. The minimum atomic E-state index is -2.29. The van der Waals surface area contributed by atoms with Crippen molar-refractivity contribution in [2.45, 2.75) is 156 Å². The van der Waals surface area contributed by atoms with Gasteiger partial charge < -0.3 is 24.4 Å². The fraction of sp³-hybridized carbons (Fsp3) is 0.800. The topological polar surface area (TPSA) is 136 Å². The summed E-state index contributed by atoms with van der Waals surface area (Å²) in [7, 11) is 0. The molecule has 0 aromatic carbocycles. The van der Waals surface area contributed by atoms with Crippen molar-refractivity contribution in [3.05, 3.63) is 23.3 Å². The number of fused-ring (bicyclic) bond motifs is 3. The SMILES string of the molecule is CCCCCCCCCCCC(=O)O[C@@]12C[C@@H](C)[C@]34C=C(C)[C@H](OC(=O)[C@@H](C)C(C)C)[C@@]3(O)[C@H](O)C(COC(C)=O)=C[C@H](C4=O)[C@@H]1C2(C)C. The molecule has 2 bridgehead atoms. The number of Topliss-reactive ketones (excluding diaryl/α,β-unsaturated/α-hetero) is 1. The Morgan fingerprint density at radius 3 is 2.16 bits per heavy atom. The summed E-state index contributed by atoms with van der Waals surface area (Å²) in [6.07, 6.45) is 11.1. The molecule has 276 valence electrons. The smallest absolute Gasteiger partial charge is 0.309 e. The van der Waals surface area contributed by atoms with E-state index in [-0.39, 0.29) is 36.3 Å². The van der Waals surface area contributed by atoms with E-state index in [0.717, 1.165) is 25.7 Å². The molecule has 0 radical (unpaired) electrons. The Kier molecular flexibility index (Phi) is 12.0. The number of ketones is 1. The summed E-state index contributed by atoms with van der Waals surface area (Å²) < 4.78 is 17.8. The first-order valence-electron chi connectivity index (χ1n) is 18.8. The number of aliphatic hydroxyl groups is 2. The predicted octanol–water partition coefficient (Wildman–Crippen LogP) is 6.82. The van der Waals surface area contributed by atoms with Crippen molar-refractivity contribution < 1.29 is 43.6 Å². The lowest BCUT2D eigenvalue weighted by molar-refractivity contribution is -0.207. The number of aliphatic hydroxyl groups excluding tert-OH is 1. The zero-order valence-electron chi connectivity index (χ0n) is 31.4. The van der Waals surface area contributed by atoms with Crippen molar-refractivity contribution in [1.82, 2.24) is 0 Å². The molecule has 1 spiro atoms. The highest BCUT2D eigenvalue weighted by Crippen LogP contribution is 2.75. The van der Waals surface area contributed by atoms with Crippen LogP contribution in [0.15, 0.2) is 23.3 Å². The lowest BCUT2D eigenvalue weighted by Crippen LogP contribution is -2.66. The number of carbonyl (C=O) groups excluding carboxylic acids is 4. The Labute approximate surface area is 293 Å². The molecule has 0 aromatic rings. The first-order valence-corrected chi connectivity index (χ1v) is 18.8. The van der Waals surface area contributed by atoms with E-state index < -0.39 is 69.9 Å². The number of carbonyl (C=O) groups is 4. The van der Waals surface area contributed by atoms with E-state index in [9.17, 15) is 24.6 Å². The van der Waals surface area contributed by atoms with Gasteiger partial charge in [-0.1, -0.05) is 112 Å². The van der Waals surface area contributed by atoms with E-state index in [1.54, 1.807) is 26.0 Å². The number of rotatable bonds is 16. The second-order valence-electron chi connectivity index (χ2n) is 16.5.